The van der Waals surface area contributed by atoms with Gasteiger partial charge in [-0.15, -0.1) is 0 Å². The Labute approximate surface area is 124 Å². The van der Waals surface area contributed by atoms with E-state index in [0.717, 1.165) is 12.8 Å². The van der Waals surface area contributed by atoms with Crippen molar-refractivity contribution >= 4 is 0 Å². The second-order valence-corrected chi connectivity index (χ2v) is 8.16. The Morgan fingerprint density at radius 3 is 1.85 bits per heavy atom. The molecule has 1 atom stereocenters. The summed E-state index contributed by atoms with van der Waals surface area (Å²) in [7, 11) is 0. The summed E-state index contributed by atoms with van der Waals surface area (Å²) in [5.41, 5.74) is 4.40. The third-order valence-corrected chi connectivity index (χ3v) is 5.79. The van der Waals surface area contributed by atoms with Crippen LogP contribution >= 0.6 is 0 Å². The molecule has 0 amide bonds. The lowest BCUT2D eigenvalue weighted by Crippen LogP contribution is -2.61. The standard InChI is InChI=1S/C17H33NO2/c1-14(2)12-17(19,15(3,4)20-14)16(13-18)10-8-6-5-7-9-11-16/h19H,5-13,18H2,1-4H3. The maximum atomic E-state index is 11.6. The molecule has 0 bridgehead atoms. The Balaban J connectivity index is 2.37. The summed E-state index contributed by atoms with van der Waals surface area (Å²) in [5.74, 6) is 0. The Morgan fingerprint density at radius 1 is 0.950 bits per heavy atom. The van der Waals surface area contributed by atoms with E-state index in [2.05, 4.69) is 13.8 Å². The van der Waals surface area contributed by atoms with E-state index in [1.165, 1.54) is 32.1 Å². The third kappa shape index (κ3) is 2.53. The first-order valence-corrected chi connectivity index (χ1v) is 8.31. The van der Waals surface area contributed by atoms with Crippen LogP contribution in [0.2, 0.25) is 0 Å². The summed E-state index contributed by atoms with van der Waals surface area (Å²) in [4.78, 5) is 0. The predicted octanol–water partition coefficient (Wildman–Crippen LogP) is 3.38. The predicted molar refractivity (Wildman–Crippen MR) is 82.6 cm³/mol. The molecule has 0 aromatic heterocycles. The van der Waals surface area contributed by atoms with Crippen LogP contribution in [-0.4, -0.2) is 28.5 Å². The van der Waals surface area contributed by atoms with Gasteiger partial charge in [0.25, 0.3) is 0 Å². The summed E-state index contributed by atoms with van der Waals surface area (Å²) in [6.07, 6.45) is 8.96. The lowest BCUT2D eigenvalue weighted by molar-refractivity contribution is -0.182. The molecule has 2 rings (SSSR count). The Morgan fingerprint density at radius 2 is 1.45 bits per heavy atom. The van der Waals surface area contributed by atoms with E-state index in [4.69, 9.17) is 10.5 Å². The molecule has 1 saturated carbocycles. The van der Waals surface area contributed by atoms with Crippen molar-refractivity contribution in [1.82, 2.24) is 0 Å². The van der Waals surface area contributed by atoms with Gasteiger partial charge in [-0.2, -0.15) is 0 Å². The lowest BCUT2D eigenvalue weighted by atomic mass is 9.58. The van der Waals surface area contributed by atoms with E-state index < -0.39 is 11.2 Å². The number of aliphatic hydroxyl groups is 1. The van der Waals surface area contributed by atoms with Gasteiger partial charge in [0.2, 0.25) is 0 Å². The minimum atomic E-state index is -0.824. The highest BCUT2D eigenvalue weighted by atomic mass is 16.5. The zero-order valence-corrected chi connectivity index (χ0v) is 13.8. The van der Waals surface area contributed by atoms with Crippen LogP contribution in [0.25, 0.3) is 0 Å². The Bertz CT molecular complexity index is 343. The molecular weight excluding hydrogens is 250 g/mol. The first-order chi connectivity index (χ1) is 9.18. The Kier molecular flexibility index (Phi) is 4.27. The van der Waals surface area contributed by atoms with E-state index in [1.807, 2.05) is 13.8 Å². The fraction of sp³-hybridized carbons (Fsp3) is 1.00. The molecule has 0 aromatic carbocycles. The van der Waals surface area contributed by atoms with E-state index in [9.17, 15) is 5.11 Å². The molecule has 3 heteroatoms. The van der Waals surface area contributed by atoms with Crippen LogP contribution in [0.4, 0.5) is 0 Å². The number of rotatable bonds is 2. The highest BCUT2D eigenvalue weighted by Gasteiger charge is 2.65. The second-order valence-electron chi connectivity index (χ2n) is 8.16. The summed E-state index contributed by atoms with van der Waals surface area (Å²) >= 11 is 0. The fourth-order valence-corrected chi connectivity index (χ4v) is 4.83. The molecule has 1 aliphatic heterocycles. The van der Waals surface area contributed by atoms with Gasteiger partial charge >= 0.3 is 0 Å². The zero-order valence-electron chi connectivity index (χ0n) is 13.8. The van der Waals surface area contributed by atoms with Crippen molar-refractivity contribution in [2.75, 3.05) is 6.54 Å². The molecule has 0 radical (unpaired) electrons. The summed E-state index contributed by atoms with van der Waals surface area (Å²) in [5, 5.41) is 11.6. The van der Waals surface area contributed by atoms with Crippen molar-refractivity contribution < 1.29 is 9.84 Å². The minimum absolute atomic E-state index is 0.190. The third-order valence-electron chi connectivity index (χ3n) is 5.79. The lowest BCUT2D eigenvalue weighted by Gasteiger charge is -2.51. The summed E-state index contributed by atoms with van der Waals surface area (Å²) < 4.78 is 6.20. The number of ether oxygens (including phenoxy) is 1. The molecule has 0 spiro atoms. The Hall–Kier alpha value is -0.120. The van der Waals surface area contributed by atoms with Crippen LogP contribution in [0.1, 0.15) is 79.1 Å². The molecule has 3 nitrogen and oxygen atoms in total. The van der Waals surface area contributed by atoms with Crippen molar-refractivity contribution in [3.8, 4) is 0 Å². The van der Waals surface area contributed by atoms with Gasteiger partial charge in [0.1, 0.15) is 5.60 Å². The zero-order chi connectivity index (χ0) is 15.1. The smallest absolute Gasteiger partial charge is 0.103 e. The topological polar surface area (TPSA) is 55.5 Å². The van der Waals surface area contributed by atoms with Gasteiger partial charge in [0.05, 0.1) is 11.2 Å². The average Bonchev–Trinajstić information content (AvgIpc) is 2.43. The molecule has 1 unspecified atom stereocenters. The van der Waals surface area contributed by atoms with Crippen molar-refractivity contribution in [3.05, 3.63) is 0 Å². The van der Waals surface area contributed by atoms with E-state index in [1.54, 1.807) is 0 Å². The van der Waals surface area contributed by atoms with Gasteiger partial charge in [0.15, 0.2) is 0 Å². The second kappa shape index (κ2) is 5.26. The van der Waals surface area contributed by atoms with Gasteiger partial charge in [-0.3, -0.25) is 0 Å². The highest BCUT2D eigenvalue weighted by molar-refractivity contribution is 5.15. The van der Waals surface area contributed by atoms with Crippen LogP contribution in [0.3, 0.4) is 0 Å². The molecule has 1 saturated heterocycles. The van der Waals surface area contributed by atoms with Crippen LogP contribution in [-0.2, 0) is 4.74 Å². The van der Waals surface area contributed by atoms with E-state index >= 15 is 0 Å². The average molecular weight is 283 g/mol. The normalized spacial score (nSPS) is 36.3. The maximum absolute atomic E-state index is 11.6. The number of nitrogens with two attached hydrogens (primary N) is 1. The van der Waals surface area contributed by atoms with Crippen molar-refractivity contribution in [2.24, 2.45) is 11.1 Å². The summed E-state index contributed by atoms with van der Waals surface area (Å²) in [6.45, 7) is 8.81. The van der Waals surface area contributed by atoms with Gasteiger partial charge in [-0.25, -0.2) is 0 Å². The maximum Gasteiger partial charge on any atom is 0.103 e. The minimum Gasteiger partial charge on any atom is -0.386 e. The SMILES string of the molecule is CC1(C)CC(O)(C2(CN)CCCCCCC2)C(C)(C)O1. The first-order valence-electron chi connectivity index (χ1n) is 8.31. The van der Waals surface area contributed by atoms with Gasteiger partial charge in [-0.05, 0) is 40.5 Å². The molecule has 1 heterocycles. The van der Waals surface area contributed by atoms with Crippen molar-refractivity contribution in [1.29, 1.82) is 0 Å². The van der Waals surface area contributed by atoms with Crippen LogP contribution < -0.4 is 5.73 Å². The van der Waals surface area contributed by atoms with Gasteiger partial charge in [0, 0.05) is 18.4 Å². The monoisotopic (exact) mass is 283 g/mol. The molecule has 20 heavy (non-hydrogen) atoms. The van der Waals surface area contributed by atoms with Crippen molar-refractivity contribution in [3.63, 3.8) is 0 Å². The summed E-state index contributed by atoms with van der Waals surface area (Å²) in [6, 6.07) is 0. The van der Waals surface area contributed by atoms with E-state index in [-0.39, 0.29) is 11.0 Å². The molecule has 0 aromatic rings. The fourth-order valence-electron chi connectivity index (χ4n) is 4.83. The molecule has 2 fully saturated rings. The number of hydrogen-bond acceptors (Lipinski definition) is 3. The molecule has 2 aliphatic rings. The quantitative estimate of drug-likeness (QED) is 0.817. The van der Waals surface area contributed by atoms with Crippen LogP contribution in [0.15, 0.2) is 0 Å². The van der Waals surface area contributed by atoms with E-state index in [0.29, 0.717) is 13.0 Å². The highest BCUT2D eigenvalue weighted by Crippen LogP contribution is 2.57. The molecule has 118 valence electrons. The van der Waals surface area contributed by atoms with Crippen molar-refractivity contribution in [2.45, 2.75) is 95.9 Å². The number of hydrogen-bond donors (Lipinski definition) is 2. The van der Waals surface area contributed by atoms with Gasteiger partial charge < -0.3 is 15.6 Å². The van der Waals surface area contributed by atoms with Crippen LogP contribution in [0.5, 0.6) is 0 Å². The van der Waals surface area contributed by atoms with Crippen LogP contribution in [0, 0.1) is 5.41 Å². The molecule has 3 N–H and O–H groups in total. The van der Waals surface area contributed by atoms with Gasteiger partial charge in [-0.1, -0.05) is 32.1 Å². The molecular formula is C17H33NO2. The first kappa shape index (κ1) is 16.3. The molecule has 1 aliphatic carbocycles. The largest absolute Gasteiger partial charge is 0.386 e.